The predicted molar refractivity (Wildman–Crippen MR) is 72.9 cm³/mol. The van der Waals surface area contributed by atoms with Crippen LogP contribution in [0.15, 0.2) is 22.7 Å². The molecule has 16 heavy (non-hydrogen) atoms. The summed E-state index contributed by atoms with van der Waals surface area (Å²) < 4.78 is 0.847. The summed E-state index contributed by atoms with van der Waals surface area (Å²) in [5, 5.41) is 10.7. The number of hydrogen-bond donors (Lipinski definition) is 1. The fraction of sp³-hybridized carbons (Fsp3) is 0.538. The van der Waals surface area contributed by atoms with Gasteiger partial charge in [0.2, 0.25) is 0 Å². The van der Waals surface area contributed by atoms with Crippen LogP contribution < -0.4 is 0 Å². The van der Waals surface area contributed by atoms with Crippen LogP contribution in [0, 0.1) is 0 Å². The number of benzene rings is 1. The third-order valence-corrected chi connectivity index (χ3v) is 3.87. The zero-order chi connectivity index (χ0) is 12.0. The zero-order valence-corrected chi connectivity index (χ0v) is 11.9. The molecule has 0 bridgehead atoms. The van der Waals surface area contributed by atoms with Crippen LogP contribution in [0.5, 0.6) is 0 Å². The van der Waals surface area contributed by atoms with Crippen molar-refractivity contribution in [3.05, 3.63) is 33.3 Å². The summed E-state index contributed by atoms with van der Waals surface area (Å²) in [6, 6.07) is 5.60. The Labute approximate surface area is 111 Å². The summed E-state index contributed by atoms with van der Waals surface area (Å²) in [7, 11) is 0. The third-order valence-electron chi connectivity index (χ3n) is 2.66. The van der Waals surface area contributed by atoms with Crippen molar-refractivity contribution in [3.8, 4) is 0 Å². The first-order valence-corrected chi connectivity index (χ1v) is 6.95. The molecule has 1 N–H and O–H groups in total. The molecule has 0 saturated carbocycles. The standard InChI is InChI=1S/C13H18BrClO/c1-2-3-4-5-6-13(16)10-7-8-12(15)11(14)9-10/h7-9,13,16H,2-6H2,1H3. The molecule has 1 aromatic rings. The summed E-state index contributed by atoms with van der Waals surface area (Å²) >= 11 is 9.27. The Kier molecular flexibility index (Phi) is 6.40. The van der Waals surface area contributed by atoms with Crippen molar-refractivity contribution < 1.29 is 5.11 Å². The molecule has 0 fully saturated rings. The second-order valence-electron chi connectivity index (χ2n) is 4.04. The van der Waals surface area contributed by atoms with E-state index >= 15 is 0 Å². The van der Waals surface area contributed by atoms with E-state index < -0.39 is 0 Å². The lowest BCUT2D eigenvalue weighted by molar-refractivity contribution is 0.163. The summed E-state index contributed by atoms with van der Waals surface area (Å²) in [4.78, 5) is 0. The highest BCUT2D eigenvalue weighted by Crippen LogP contribution is 2.28. The maximum Gasteiger partial charge on any atom is 0.0790 e. The molecule has 0 spiro atoms. The average Bonchev–Trinajstić information content (AvgIpc) is 2.28. The third kappa shape index (κ3) is 4.44. The average molecular weight is 306 g/mol. The van der Waals surface area contributed by atoms with Crippen LogP contribution in [0.1, 0.15) is 50.7 Å². The topological polar surface area (TPSA) is 20.2 Å². The molecule has 3 heteroatoms. The van der Waals surface area contributed by atoms with Crippen molar-refractivity contribution in [2.24, 2.45) is 0 Å². The Balaban J connectivity index is 2.46. The molecule has 1 rings (SSSR count). The molecule has 1 nitrogen and oxygen atoms in total. The van der Waals surface area contributed by atoms with Gasteiger partial charge in [-0.25, -0.2) is 0 Å². The largest absolute Gasteiger partial charge is 0.388 e. The molecular formula is C13H18BrClO. The number of aliphatic hydroxyl groups excluding tert-OH is 1. The normalized spacial score (nSPS) is 12.8. The van der Waals surface area contributed by atoms with Gasteiger partial charge in [-0.15, -0.1) is 0 Å². The molecule has 0 aliphatic carbocycles. The van der Waals surface area contributed by atoms with Crippen molar-refractivity contribution >= 4 is 27.5 Å². The van der Waals surface area contributed by atoms with Crippen LogP contribution in [0.4, 0.5) is 0 Å². The van der Waals surface area contributed by atoms with E-state index in [9.17, 15) is 5.11 Å². The summed E-state index contributed by atoms with van der Waals surface area (Å²) in [6.07, 6.45) is 5.20. The number of hydrogen-bond acceptors (Lipinski definition) is 1. The van der Waals surface area contributed by atoms with Gasteiger partial charge in [0.25, 0.3) is 0 Å². The van der Waals surface area contributed by atoms with Gasteiger partial charge in [-0.3, -0.25) is 0 Å². The van der Waals surface area contributed by atoms with Crippen LogP contribution in [0.25, 0.3) is 0 Å². The van der Waals surface area contributed by atoms with Crippen molar-refractivity contribution in [1.29, 1.82) is 0 Å². The number of aliphatic hydroxyl groups is 1. The second kappa shape index (κ2) is 7.31. The van der Waals surface area contributed by atoms with Crippen LogP contribution in [-0.4, -0.2) is 5.11 Å². The van der Waals surface area contributed by atoms with E-state index in [1.165, 1.54) is 19.3 Å². The van der Waals surface area contributed by atoms with Crippen LogP contribution in [-0.2, 0) is 0 Å². The summed E-state index contributed by atoms with van der Waals surface area (Å²) in [6.45, 7) is 2.19. The highest BCUT2D eigenvalue weighted by atomic mass is 79.9. The van der Waals surface area contributed by atoms with E-state index in [2.05, 4.69) is 22.9 Å². The Bertz CT molecular complexity index is 328. The minimum atomic E-state index is -0.370. The van der Waals surface area contributed by atoms with Crippen molar-refractivity contribution in [1.82, 2.24) is 0 Å². The molecule has 0 radical (unpaired) electrons. The molecule has 0 aliphatic heterocycles. The summed E-state index contributed by atoms with van der Waals surface area (Å²) in [5.41, 5.74) is 0.938. The summed E-state index contributed by atoms with van der Waals surface area (Å²) in [5.74, 6) is 0. The molecule has 0 aromatic heterocycles. The predicted octanol–water partition coefficient (Wildman–Crippen LogP) is 5.11. The molecule has 1 aromatic carbocycles. The van der Waals surface area contributed by atoms with Gasteiger partial charge in [-0.1, -0.05) is 50.3 Å². The highest BCUT2D eigenvalue weighted by molar-refractivity contribution is 9.10. The van der Waals surface area contributed by atoms with E-state index in [0.717, 1.165) is 22.9 Å². The molecule has 1 atom stereocenters. The Morgan fingerprint density at radius 2 is 2.06 bits per heavy atom. The molecule has 90 valence electrons. The lowest BCUT2D eigenvalue weighted by atomic mass is 10.0. The van der Waals surface area contributed by atoms with Crippen molar-refractivity contribution in [2.45, 2.75) is 45.1 Å². The van der Waals surface area contributed by atoms with Crippen LogP contribution in [0.2, 0.25) is 5.02 Å². The SMILES string of the molecule is CCCCCCC(O)c1ccc(Cl)c(Br)c1. The van der Waals surface area contributed by atoms with Gasteiger partial charge in [-0.2, -0.15) is 0 Å². The van der Waals surface area contributed by atoms with Gasteiger partial charge in [0.1, 0.15) is 0 Å². The minimum Gasteiger partial charge on any atom is -0.388 e. The minimum absolute atomic E-state index is 0.370. The molecule has 0 aliphatic rings. The number of halogens is 2. The van der Waals surface area contributed by atoms with E-state index in [0.29, 0.717) is 5.02 Å². The zero-order valence-electron chi connectivity index (χ0n) is 9.55. The van der Waals surface area contributed by atoms with E-state index in [4.69, 9.17) is 11.6 Å². The van der Waals surface area contributed by atoms with Crippen LogP contribution >= 0.6 is 27.5 Å². The van der Waals surface area contributed by atoms with E-state index in [-0.39, 0.29) is 6.10 Å². The maximum atomic E-state index is 9.97. The lowest BCUT2D eigenvalue weighted by Gasteiger charge is -2.11. The first-order chi connectivity index (χ1) is 7.65. The first-order valence-electron chi connectivity index (χ1n) is 5.78. The smallest absolute Gasteiger partial charge is 0.0790 e. The van der Waals surface area contributed by atoms with Gasteiger partial charge >= 0.3 is 0 Å². The number of rotatable bonds is 6. The molecule has 0 saturated heterocycles. The van der Waals surface area contributed by atoms with E-state index in [1.807, 2.05) is 18.2 Å². The number of unbranched alkanes of at least 4 members (excludes halogenated alkanes) is 3. The monoisotopic (exact) mass is 304 g/mol. The second-order valence-corrected chi connectivity index (χ2v) is 5.30. The quantitative estimate of drug-likeness (QED) is 0.724. The van der Waals surface area contributed by atoms with Gasteiger partial charge < -0.3 is 5.11 Å². The lowest BCUT2D eigenvalue weighted by Crippen LogP contribution is -1.97. The van der Waals surface area contributed by atoms with Gasteiger partial charge in [-0.05, 0) is 40.0 Å². The first kappa shape index (κ1) is 14.0. The van der Waals surface area contributed by atoms with Crippen molar-refractivity contribution in [2.75, 3.05) is 0 Å². The van der Waals surface area contributed by atoms with Gasteiger partial charge in [0, 0.05) is 4.47 Å². The van der Waals surface area contributed by atoms with Crippen molar-refractivity contribution in [3.63, 3.8) is 0 Å². The highest BCUT2D eigenvalue weighted by Gasteiger charge is 2.08. The maximum absolute atomic E-state index is 9.97. The van der Waals surface area contributed by atoms with Gasteiger partial charge in [0.05, 0.1) is 11.1 Å². The molecular weight excluding hydrogens is 287 g/mol. The Hall–Kier alpha value is -0.0500. The molecule has 0 heterocycles. The molecule has 1 unspecified atom stereocenters. The fourth-order valence-corrected chi connectivity index (χ4v) is 2.16. The Morgan fingerprint density at radius 1 is 1.31 bits per heavy atom. The molecule has 0 amide bonds. The Morgan fingerprint density at radius 3 is 2.69 bits per heavy atom. The van der Waals surface area contributed by atoms with Crippen LogP contribution in [0.3, 0.4) is 0 Å². The van der Waals surface area contributed by atoms with E-state index in [1.54, 1.807) is 0 Å². The fourth-order valence-electron chi connectivity index (χ4n) is 1.65. The van der Waals surface area contributed by atoms with Gasteiger partial charge in [0.15, 0.2) is 0 Å².